The van der Waals surface area contributed by atoms with Crippen molar-refractivity contribution >= 4 is 17.0 Å². The Morgan fingerprint density at radius 3 is 2.92 bits per heavy atom. The van der Waals surface area contributed by atoms with E-state index < -0.39 is 6.09 Å². The summed E-state index contributed by atoms with van der Waals surface area (Å²) >= 11 is 0. The third-order valence-corrected chi connectivity index (χ3v) is 4.47. The fourth-order valence-electron chi connectivity index (χ4n) is 2.86. The molecule has 2 heterocycles. The molecule has 1 aliphatic carbocycles. The molecule has 0 atom stereocenters. The van der Waals surface area contributed by atoms with Crippen molar-refractivity contribution in [2.24, 2.45) is 0 Å². The van der Waals surface area contributed by atoms with Crippen LogP contribution in [0.1, 0.15) is 25.0 Å². The van der Waals surface area contributed by atoms with Crippen LogP contribution in [0, 0.1) is 0 Å². The number of ether oxygens (including phenoxy) is 1. The van der Waals surface area contributed by atoms with E-state index in [9.17, 15) is 4.79 Å². The fraction of sp³-hybridized carbons (Fsp3) is 0.278. The smallest absolute Gasteiger partial charge is 0.415 e. The molecule has 25 heavy (non-hydrogen) atoms. The van der Waals surface area contributed by atoms with Gasteiger partial charge in [-0.05, 0) is 37.1 Å². The average Bonchev–Trinajstić information content (AvgIpc) is 2.97. The summed E-state index contributed by atoms with van der Waals surface area (Å²) in [7, 11) is 0. The molecule has 1 aliphatic rings. The van der Waals surface area contributed by atoms with Crippen molar-refractivity contribution in [1.29, 1.82) is 0 Å². The number of fused-ring (bicyclic) bond motifs is 1. The average molecular weight is 338 g/mol. The van der Waals surface area contributed by atoms with Gasteiger partial charge in [0.25, 0.3) is 0 Å². The predicted octanol–water partition coefficient (Wildman–Crippen LogP) is 3.39. The van der Waals surface area contributed by atoms with E-state index in [2.05, 4.69) is 15.3 Å². The molecule has 1 fully saturated rings. The van der Waals surface area contributed by atoms with Crippen LogP contribution in [-0.2, 0) is 6.54 Å². The number of nitrogens with zero attached hydrogens (tertiary/aromatic N) is 3. The summed E-state index contributed by atoms with van der Waals surface area (Å²) < 4.78 is 6.98. The highest BCUT2D eigenvalue weighted by Gasteiger charge is 2.16. The van der Waals surface area contributed by atoms with E-state index >= 15 is 0 Å². The highest BCUT2D eigenvalue weighted by atomic mass is 16.5. The van der Waals surface area contributed by atoms with Gasteiger partial charge < -0.3 is 15.2 Å². The number of hydrogen-bond acceptors (Lipinski definition) is 5. The molecule has 128 valence electrons. The second-order valence-corrected chi connectivity index (χ2v) is 6.15. The highest BCUT2D eigenvalue weighted by molar-refractivity contribution is 5.89. The molecule has 0 radical (unpaired) electrons. The standard InChI is InChI=1S/C18H18N4O3/c23-18(24)22-7-6-12-8-15(4-5-16(12)22)25-17-9-14(20-11-21-17)10-19-13-2-1-3-13/h4-9,11,13,19H,1-3,10H2,(H,23,24). The summed E-state index contributed by atoms with van der Waals surface area (Å²) in [6.07, 6.45) is 5.75. The third-order valence-electron chi connectivity index (χ3n) is 4.47. The molecule has 2 N–H and O–H groups in total. The van der Waals surface area contributed by atoms with Crippen LogP contribution >= 0.6 is 0 Å². The van der Waals surface area contributed by atoms with Gasteiger partial charge in [-0.25, -0.2) is 14.8 Å². The number of hydrogen-bond donors (Lipinski definition) is 2. The monoisotopic (exact) mass is 338 g/mol. The SMILES string of the molecule is O=C(O)n1ccc2cc(Oc3cc(CNC4CCC4)ncn3)ccc21. The maximum absolute atomic E-state index is 11.1. The Hall–Kier alpha value is -2.93. The molecule has 1 saturated carbocycles. The number of aromatic nitrogens is 3. The molecule has 0 saturated heterocycles. The number of benzene rings is 1. The lowest BCUT2D eigenvalue weighted by atomic mass is 9.93. The van der Waals surface area contributed by atoms with Crippen LogP contribution in [0.15, 0.2) is 42.9 Å². The van der Waals surface area contributed by atoms with E-state index in [-0.39, 0.29) is 0 Å². The van der Waals surface area contributed by atoms with Gasteiger partial charge in [0.2, 0.25) is 5.88 Å². The van der Waals surface area contributed by atoms with Crippen LogP contribution in [-0.4, -0.2) is 31.8 Å². The van der Waals surface area contributed by atoms with Gasteiger partial charge in [0.15, 0.2) is 0 Å². The summed E-state index contributed by atoms with van der Waals surface area (Å²) in [6, 6.07) is 9.40. The lowest BCUT2D eigenvalue weighted by molar-refractivity contribution is 0.197. The molecule has 0 spiro atoms. The van der Waals surface area contributed by atoms with E-state index in [1.807, 2.05) is 6.07 Å². The lowest BCUT2D eigenvalue weighted by Crippen LogP contribution is -2.34. The van der Waals surface area contributed by atoms with Gasteiger partial charge in [-0.3, -0.25) is 4.57 Å². The molecule has 2 aromatic heterocycles. The summed E-state index contributed by atoms with van der Waals surface area (Å²) in [6.45, 7) is 0.698. The zero-order valence-corrected chi connectivity index (χ0v) is 13.6. The molecule has 7 heteroatoms. The van der Waals surface area contributed by atoms with Crippen molar-refractivity contribution in [3.8, 4) is 11.6 Å². The van der Waals surface area contributed by atoms with Crippen molar-refractivity contribution in [3.63, 3.8) is 0 Å². The molecule has 7 nitrogen and oxygen atoms in total. The molecule has 0 amide bonds. The van der Waals surface area contributed by atoms with E-state index in [0.29, 0.717) is 29.7 Å². The Balaban J connectivity index is 1.49. The zero-order chi connectivity index (χ0) is 17.2. The molecular formula is C18H18N4O3. The van der Waals surface area contributed by atoms with Gasteiger partial charge in [-0.1, -0.05) is 6.42 Å². The Labute approximate surface area is 144 Å². The number of rotatable bonds is 5. The molecule has 0 aliphatic heterocycles. The van der Waals surface area contributed by atoms with Crippen molar-refractivity contribution in [2.75, 3.05) is 0 Å². The Bertz CT molecular complexity index is 918. The fourth-order valence-corrected chi connectivity index (χ4v) is 2.86. The number of carbonyl (C=O) groups is 1. The van der Waals surface area contributed by atoms with Gasteiger partial charge in [-0.15, -0.1) is 0 Å². The Morgan fingerprint density at radius 2 is 2.16 bits per heavy atom. The van der Waals surface area contributed by atoms with Crippen LogP contribution < -0.4 is 10.1 Å². The normalized spacial score (nSPS) is 14.4. The first-order valence-corrected chi connectivity index (χ1v) is 8.25. The number of carboxylic acid groups (broad SMARTS) is 1. The van der Waals surface area contributed by atoms with Gasteiger partial charge >= 0.3 is 6.09 Å². The summed E-state index contributed by atoms with van der Waals surface area (Å²) in [4.78, 5) is 19.5. The largest absolute Gasteiger partial charge is 0.464 e. The minimum absolute atomic E-state index is 0.470. The number of nitrogens with one attached hydrogen (secondary N) is 1. The Kier molecular flexibility index (Phi) is 4.07. The van der Waals surface area contributed by atoms with E-state index in [4.69, 9.17) is 9.84 Å². The maximum atomic E-state index is 11.1. The van der Waals surface area contributed by atoms with Crippen molar-refractivity contribution in [2.45, 2.75) is 31.8 Å². The van der Waals surface area contributed by atoms with Gasteiger partial charge in [0.05, 0.1) is 11.2 Å². The lowest BCUT2D eigenvalue weighted by Gasteiger charge is -2.26. The second-order valence-electron chi connectivity index (χ2n) is 6.15. The third kappa shape index (κ3) is 3.32. The molecule has 1 aromatic carbocycles. The van der Waals surface area contributed by atoms with E-state index in [1.165, 1.54) is 36.4 Å². The van der Waals surface area contributed by atoms with Crippen LogP contribution in [0.25, 0.3) is 10.9 Å². The van der Waals surface area contributed by atoms with Crippen LogP contribution in [0.4, 0.5) is 4.79 Å². The first kappa shape index (κ1) is 15.6. The second kappa shape index (κ2) is 6.52. The topological polar surface area (TPSA) is 89.3 Å². The highest BCUT2D eigenvalue weighted by Crippen LogP contribution is 2.25. The van der Waals surface area contributed by atoms with Gasteiger partial charge in [0.1, 0.15) is 12.1 Å². The quantitative estimate of drug-likeness (QED) is 0.741. The van der Waals surface area contributed by atoms with Crippen LogP contribution in [0.3, 0.4) is 0 Å². The van der Waals surface area contributed by atoms with Crippen LogP contribution in [0.2, 0.25) is 0 Å². The van der Waals surface area contributed by atoms with Gasteiger partial charge in [-0.2, -0.15) is 0 Å². The molecule has 4 rings (SSSR count). The van der Waals surface area contributed by atoms with Crippen molar-refractivity contribution < 1.29 is 14.6 Å². The summed E-state index contributed by atoms with van der Waals surface area (Å²) in [5.41, 5.74) is 1.50. The minimum Gasteiger partial charge on any atom is -0.464 e. The van der Waals surface area contributed by atoms with Crippen LogP contribution in [0.5, 0.6) is 11.6 Å². The first-order chi connectivity index (χ1) is 12.2. The first-order valence-electron chi connectivity index (χ1n) is 8.25. The van der Waals surface area contributed by atoms with Crippen molar-refractivity contribution in [3.05, 3.63) is 48.5 Å². The molecular weight excluding hydrogens is 320 g/mol. The predicted molar refractivity (Wildman–Crippen MR) is 91.9 cm³/mol. The Morgan fingerprint density at radius 1 is 1.28 bits per heavy atom. The molecule has 0 bridgehead atoms. The maximum Gasteiger partial charge on any atom is 0.415 e. The van der Waals surface area contributed by atoms with E-state index in [1.54, 1.807) is 24.3 Å². The van der Waals surface area contributed by atoms with E-state index in [0.717, 1.165) is 11.1 Å². The molecule has 0 unspecified atom stereocenters. The summed E-state index contributed by atoms with van der Waals surface area (Å²) in [5, 5.41) is 13.4. The zero-order valence-electron chi connectivity index (χ0n) is 13.6. The van der Waals surface area contributed by atoms with Crippen molar-refractivity contribution in [1.82, 2.24) is 19.9 Å². The van der Waals surface area contributed by atoms with Gasteiger partial charge in [0, 0.05) is 30.2 Å². The molecule has 3 aromatic rings. The minimum atomic E-state index is -1.01. The summed E-state index contributed by atoms with van der Waals surface area (Å²) in [5.74, 6) is 1.07.